The molecule has 6 heteroatoms. The monoisotopic (exact) mass is 335 g/mol. The summed E-state index contributed by atoms with van der Waals surface area (Å²) in [4.78, 5) is 14.2. The molecule has 1 aliphatic rings. The molecule has 6 nitrogen and oxygen atoms in total. The minimum absolute atomic E-state index is 0.00541. The van der Waals surface area contributed by atoms with Gasteiger partial charge in [-0.3, -0.25) is 4.79 Å². The van der Waals surface area contributed by atoms with E-state index in [0.717, 1.165) is 25.3 Å². The predicted octanol–water partition coefficient (Wildman–Crippen LogP) is 0.663. The lowest BCUT2D eigenvalue weighted by Crippen LogP contribution is -2.55. The molecule has 1 amide bonds. The predicted molar refractivity (Wildman–Crippen MR) is 94.4 cm³/mol. The zero-order chi connectivity index (χ0) is 17.4. The van der Waals surface area contributed by atoms with Crippen LogP contribution in [0.5, 0.6) is 5.75 Å². The van der Waals surface area contributed by atoms with Crippen molar-refractivity contribution in [2.45, 2.75) is 25.5 Å². The fraction of sp³-hybridized carbons (Fsp3) is 0.611. The Labute approximate surface area is 144 Å². The van der Waals surface area contributed by atoms with Crippen LogP contribution in [0.2, 0.25) is 0 Å². The smallest absolute Gasteiger partial charge is 0.239 e. The highest BCUT2D eigenvalue weighted by Crippen LogP contribution is 2.12. The fourth-order valence-electron chi connectivity index (χ4n) is 2.57. The van der Waals surface area contributed by atoms with Gasteiger partial charge in [0, 0.05) is 19.6 Å². The normalized spacial score (nSPS) is 20.8. The van der Waals surface area contributed by atoms with Crippen LogP contribution in [0.3, 0.4) is 0 Å². The summed E-state index contributed by atoms with van der Waals surface area (Å²) in [5, 5.41) is 6.17. The van der Waals surface area contributed by atoms with E-state index in [4.69, 9.17) is 9.47 Å². The second kappa shape index (κ2) is 9.61. The van der Waals surface area contributed by atoms with E-state index in [1.165, 1.54) is 5.56 Å². The quantitative estimate of drug-likeness (QED) is 0.731. The Morgan fingerprint density at radius 2 is 2.12 bits per heavy atom. The van der Waals surface area contributed by atoms with Crippen LogP contribution in [0.1, 0.15) is 12.5 Å². The standard InChI is InChI=1S/C18H29N3O3/c1-14-17(19-10-12-23-14)18(22)20-9-8-15-4-6-16(7-5-15)24-13-11-21(2)3/h4-7,14,17,19H,8-13H2,1-3H3,(H,20,22)/t14-,17+/m1/s1. The van der Waals surface area contributed by atoms with Crippen molar-refractivity contribution in [2.75, 3.05) is 46.9 Å². The Morgan fingerprint density at radius 3 is 2.79 bits per heavy atom. The summed E-state index contributed by atoms with van der Waals surface area (Å²) in [5.41, 5.74) is 1.18. The van der Waals surface area contributed by atoms with Crippen molar-refractivity contribution in [1.29, 1.82) is 0 Å². The molecule has 1 aliphatic heterocycles. The average molecular weight is 335 g/mol. The zero-order valence-electron chi connectivity index (χ0n) is 14.9. The van der Waals surface area contributed by atoms with Gasteiger partial charge < -0.3 is 25.0 Å². The highest BCUT2D eigenvalue weighted by atomic mass is 16.5. The van der Waals surface area contributed by atoms with Crippen molar-refractivity contribution in [3.05, 3.63) is 29.8 Å². The Bertz CT molecular complexity index is 505. The molecule has 134 valence electrons. The molecular weight excluding hydrogens is 306 g/mol. The van der Waals surface area contributed by atoms with Gasteiger partial charge in [0.15, 0.2) is 0 Å². The van der Waals surface area contributed by atoms with Crippen LogP contribution in [-0.2, 0) is 16.0 Å². The zero-order valence-corrected chi connectivity index (χ0v) is 14.9. The van der Waals surface area contributed by atoms with Gasteiger partial charge in [0.05, 0.1) is 12.7 Å². The van der Waals surface area contributed by atoms with Gasteiger partial charge in [-0.15, -0.1) is 0 Å². The van der Waals surface area contributed by atoms with Gasteiger partial charge in [0.2, 0.25) is 5.91 Å². The van der Waals surface area contributed by atoms with Crippen molar-refractivity contribution in [3.63, 3.8) is 0 Å². The van der Waals surface area contributed by atoms with Gasteiger partial charge in [0.1, 0.15) is 18.4 Å². The maximum absolute atomic E-state index is 12.1. The van der Waals surface area contributed by atoms with Gasteiger partial charge in [-0.1, -0.05) is 12.1 Å². The number of rotatable bonds is 8. The third-order valence-corrected chi connectivity index (χ3v) is 4.04. The van der Waals surface area contributed by atoms with E-state index < -0.39 is 0 Å². The third-order valence-electron chi connectivity index (χ3n) is 4.04. The van der Waals surface area contributed by atoms with Gasteiger partial charge in [-0.05, 0) is 45.1 Å². The highest BCUT2D eigenvalue weighted by molar-refractivity contribution is 5.82. The summed E-state index contributed by atoms with van der Waals surface area (Å²) in [6.45, 7) is 5.49. The first-order chi connectivity index (χ1) is 11.6. The molecule has 0 saturated carbocycles. The second-order valence-electron chi connectivity index (χ2n) is 6.34. The molecule has 0 spiro atoms. The fourth-order valence-corrected chi connectivity index (χ4v) is 2.57. The molecule has 1 aromatic carbocycles. The van der Waals surface area contributed by atoms with Crippen LogP contribution in [0.25, 0.3) is 0 Å². The summed E-state index contributed by atoms with van der Waals surface area (Å²) in [6.07, 6.45) is 0.712. The maximum Gasteiger partial charge on any atom is 0.239 e. The van der Waals surface area contributed by atoms with E-state index in [1.807, 2.05) is 45.3 Å². The van der Waals surface area contributed by atoms with E-state index in [1.54, 1.807) is 0 Å². The number of benzene rings is 1. The first-order valence-electron chi connectivity index (χ1n) is 8.55. The molecule has 0 aliphatic carbocycles. The van der Waals surface area contributed by atoms with Crippen LogP contribution in [-0.4, -0.2) is 69.9 Å². The molecular formula is C18H29N3O3. The summed E-state index contributed by atoms with van der Waals surface area (Å²) in [6, 6.07) is 7.78. The van der Waals surface area contributed by atoms with Crippen LogP contribution in [0, 0.1) is 0 Å². The van der Waals surface area contributed by atoms with Crippen LogP contribution in [0.15, 0.2) is 24.3 Å². The molecule has 2 N–H and O–H groups in total. The Hall–Kier alpha value is -1.63. The molecule has 1 heterocycles. The molecule has 0 bridgehead atoms. The Kier molecular flexibility index (Phi) is 7.49. The van der Waals surface area contributed by atoms with Crippen molar-refractivity contribution in [2.24, 2.45) is 0 Å². The topological polar surface area (TPSA) is 62.8 Å². The van der Waals surface area contributed by atoms with Gasteiger partial charge in [-0.25, -0.2) is 0 Å². The number of carbonyl (C=O) groups excluding carboxylic acids is 1. The van der Waals surface area contributed by atoms with Crippen molar-refractivity contribution < 1.29 is 14.3 Å². The number of nitrogens with zero attached hydrogens (tertiary/aromatic N) is 1. The average Bonchev–Trinajstić information content (AvgIpc) is 2.56. The van der Waals surface area contributed by atoms with E-state index in [2.05, 4.69) is 15.5 Å². The van der Waals surface area contributed by atoms with E-state index in [0.29, 0.717) is 19.8 Å². The molecule has 1 fully saturated rings. The van der Waals surface area contributed by atoms with E-state index in [9.17, 15) is 4.79 Å². The molecule has 0 unspecified atom stereocenters. The number of likely N-dealkylation sites (N-methyl/N-ethyl adjacent to an activating group) is 1. The Balaban J connectivity index is 1.69. The SMILES string of the molecule is C[C@H]1OCCN[C@@H]1C(=O)NCCc1ccc(OCCN(C)C)cc1. The first kappa shape index (κ1) is 18.7. The molecule has 1 aromatic rings. The number of hydrogen-bond donors (Lipinski definition) is 2. The number of hydrogen-bond acceptors (Lipinski definition) is 5. The number of ether oxygens (including phenoxy) is 2. The van der Waals surface area contributed by atoms with Crippen LogP contribution >= 0.6 is 0 Å². The van der Waals surface area contributed by atoms with Gasteiger partial charge in [0.25, 0.3) is 0 Å². The number of carbonyl (C=O) groups is 1. The lowest BCUT2D eigenvalue weighted by atomic mass is 10.1. The molecule has 2 atom stereocenters. The van der Waals surface area contributed by atoms with Crippen LogP contribution < -0.4 is 15.4 Å². The molecule has 0 aromatic heterocycles. The lowest BCUT2D eigenvalue weighted by Gasteiger charge is -2.29. The summed E-state index contributed by atoms with van der Waals surface area (Å²) in [7, 11) is 4.05. The van der Waals surface area contributed by atoms with Crippen molar-refractivity contribution >= 4 is 5.91 Å². The third kappa shape index (κ3) is 6.11. The number of amides is 1. The Morgan fingerprint density at radius 1 is 1.38 bits per heavy atom. The molecule has 24 heavy (non-hydrogen) atoms. The first-order valence-corrected chi connectivity index (χ1v) is 8.55. The minimum atomic E-state index is -0.258. The van der Waals surface area contributed by atoms with Crippen LogP contribution in [0.4, 0.5) is 0 Å². The summed E-state index contributed by atoms with van der Waals surface area (Å²) in [5.74, 6) is 0.882. The van der Waals surface area contributed by atoms with Crippen molar-refractivity contribution in [1.82, 2.24) is 15.5 Å². The number of nitrogens with one attached hydrogen (secondary N) is 2. The van der Waals surface area contributed by atoms with Crippen molar-refractivity contribution in [3.8, 4) is 5.75 Å². The lowest BCUT2D eigenvalue weighted by molar-refractivity contribution is -0.128. The van der Waals surface area contributed by atoms with E-state index >= 15 is 0 Å². The molecule has 2 rings (SSSR count). The largest absolute Gasteiger partial charge is 0.492 e. The highest BCUT2D eigenvalue weighted by Gasteiger charge is 2.27. The summed E-state index contributed by atoms with van der Waals surface area (Å²) < 4.78 is 11.2. The molecule has 1 saturated heterocycles. The van der Waals surface area contributed by atoms with Gasteiger partial charge in [-0.2, -0.15) is 0 Å². The second-order valence-corrected chi connectivity index (χ2v) is 6.34. The van der Waals surface area contributed by atoms with Gasteiger partial charge >= 0.3 is 0 Å². The number of morpholine rings is 1. The molecule has 0 radical (unpaired) electrons. The van der Waals surface area contributed by atoms with E-state index in [-0.39, 0.29) is 18.1 Å². The maximum atomic E-state index is 12.1. The summed E-state index contributed by atoms with van der Waals surface area (Å²) >= 11 is 0. The minimum Gasteiger partial charge on any atom is -0.492 e.